The van der Waals surface area contributed by atoms with Crippen LogP contribution in [0.2, 0.25) is 0 Å². The summed E-state index contributed by atoms with van der Waals surface area (Å²) in [5.41, 5.74) is 0.434. The van der Waals surface area contributed by atoms with E-state index in [2.05, 4.69) is 11.2 Å². The molecule has 0 aromatic heterocycles. The van der Waals surface area contributed by atoms with Crippen LogP contribution in [0.5, 0.6) is 11.5 Å². The molecule has 1 amide bonds. The normalized spacial score (nSPS) is 9.24. The number of amides is 1. The van der Waals surface area contributed by atoms with Crippen LogP contribution >= 0.6 is 0 Å². The van der Waals surface area contributed by atoms with Crippen molar-refractivity contribution in [2.75, 3.05) is 20.8 Å². The summed E-state index contributed by atoms with van der Waals surface area (Å²) in [6.07, 6.45) is 5.61. The zero-order valence-corrected chi connectivity index (χ0v) is 9.95. The van der Waals surface area contributed by atoms with Crippen molar-refractivity contribution in [2.24, 2.45) is 0 Å². The fraction of sp³-hybridized carbons (Fsp3) is 0.308. The van der Waals surface area contributed by atoms with Gasteiger partial charge in [0.2, 0.25) is 0 Å². The molecule has 1 rings (SSSR count). The Bertz CT molecular complexity index is 435. The van der Waals surface area contributed by atoms with Gasteiger partial charge in [-0.2, -0.15) is 0 Å². The van der Waals surface area contributed by atoms with E-state index in [1.54, 1.807) is 18.2 Å². The lowest BCUT2D eigenvalue weighted by molar-refractivity contribution is 0.0951. The van der Waals surface area contributed by atoms with E-state index in [4.69, 9.17) is 15.9 Å². The van der Waals surface area contributed by atoms with Gasteiger partial charge in [0.1, 0.15) is 0 Å². The maximum Gasteiger partial charge on any atom is 0.255 e. The molecule has 1 aromatic carbocycles. The third kappa shape index (κ3) is 3.15. The van der Waals surface area contributed by atoms with Gasteiger partial charge in [-0.25, -0.2) is 0 Å². The fourth-order valence-corrected chi connectivity index (χ4v) is 1.41. The smallest absolute Gasteiger partial charge is 0.255 e. The molecule has 1 aromatic rings. The van der Waals surface area contributed by atoms with Crippen molar-refractivity contribution in [3.05, 3.63) is 23.8 Å². The third-order valence-electron chi connectivity index (χ3n) is 2.20. The molecule has 0 aliphatic carbocycles. The molecule has 4 nitrogen and oxygen atoms in total. The molecule has 0 aliphatic heterocycles. The molecule has 90 valence electrons. The van der Waals surface area contributed by atoms with Gasteiger partial charge in [0.05, 0.1) is 19.8 Å². The fourth-order valence-electron chi connectivity index (χ4n) is 1.41. The third-order valence-corrected chi connectivity index (χ3v) is 2.20. The standard InChI is InChI=1S/C13H15NO3/c1-4-5-9-14-13(15)10-7-6-8-11(16-2)12(10)17-3/h1,6-8H,5,9H2,2-3H3,(H,14,15). The van der Waals surface area contributed by atoms with E-state index >= 15 is 0 Å². The molecule has 17 heavy (non-hydrogen) atoms. The molecule has 0 radical (unpaired) electrons. The van der Waals surface area contributed by atoms with Crippen molar-refractivity contribution >= 4 is 5.91 Å². The number of carbonyl (C=O) groups excluding carboxylic acids is 1. The van der Waals surface area contributed by atoms with Crippen molar-refractivity contribution in [2.45, 2.75) is 6.42 Å². The highest BCUT2D eigenvalue weighted by Gasteiger charge is 2.15. The molecule has 0 atom stereocenters. The Balaban J connectivity index is 2.89. The highest BCUT2D eigenvalue weighted by atomic mass is 16.5. The number of benzene rings is 1. The van der Waals surface area contributed by atoms with Crippen LogP contribution in [0.1, 0.15) is 16.8 Å². The van der Waals surface area contributed by atoms with Gasteiger partial charge in [-0.05, 0) is 12.1 Å². The largest absolute Gasteiger partial charge is 0.493 e. The predicted molar refractivity (Wildman–Crippen MR) is 65.3 cm³/mol. The van der Waals surface area contributed by atoms with Crippen molar-refractivity contribution in [3.8, 4) is 23.8 Å². The second-order valence-electron chi connectivity index (χ2n) is 3.25. The first-order valence-corrected chi connectivity index (χ1v) is 5.17. The first-order chi connectivity index (χ1) is 8.24. The van der Waals surface area contributed by atoms with Gasteiger partial charge >= 0.3 is 0 Å². The Morgan fingerprint density at radius 2 is 2.18 bits per heavy atom. The summed E-state index contributed by atoms with van der Waals surface area (Å²) in [5, 5.41) is 2.71. The summed E-state index contributed by atoms with van der Waals surface area (Å²) >= 11 is 0. The molecular weight excluding hydrogens is 218 g/mol. The monoisotopic (exact) mass is 233 g/mol. The summed E-state index contributed by atoms with van der Waals surface area (Å²) in [6.45, 7) is 0.440. The Hall–Kier alpha value is -2.15. The van der Waals surface area contributed by atoms with E-state index < -0.39 is 0 Å². The van der Waals surface area contributed by atoms with Crippen molar-refractivity contribution in [3.63, 3.8) is 0 Å². The lowest BCUT2D eigenvalue weighted by atomic mass is 10.1. The van der Waals surface area contributed by atoms with E-state index in [9.17, 15) is 4.79 Å². The van der Waals surface area contributed by atoms with Crippen LogP contribution in [0.25, 0.3) is 0 Å². The maximum atomic E-state index is 11.9. The van der Waals surface area contributed by atoms with Gasteiger partial charge in [-0.15, -0.1) is 12.3 Å². The van der Waals surface area contributed by atoms with E-state index in [1.807, 2.05) is 0 Å². The van der Waals surface area contributed by atoms with Gasteiger partial charge < -0.3 is 14.8 Å². The molecule has 4 heteroatoms. The molecule has 0 aliphatic rings. The summed E-state index contributed by atoms with van der Waals surface area (Å²) in [4.78, 5) is 11.9. The Morgan fingerprint density at radius 3 is 2.76 bits per heavy atom. The van der Waals surface area contributed by atoms with Crippen LogP contribution in [0.3, 0.4) is 0 Å². The van der Waals surface area contributed by atoms with Crippen LogP contribution < -0.4 is 14.8 Å². The zero-order valence-electron chi connectivity index (χ0n) is 9.95. The Kier molecular flexibility index (Phi) is 4.89. The number of nitrogens with one attached hydrogen (secondary N) is 1. The number of terminal acetylenes is 1. The molecule has 0 unspecified atom stereocenters. The predicted octanol–water partition coefficient (Wildman–Crippen LogP) is 1.46. The highest BCUT2D eigenvalue weighted by Crippen LogP contribution is 2.30. The quantitative estimate of drug-likeness (QED) is 0.618. The summed E-state index contributed by atoms with van der Waals surface area (Å²) in [6, 6.07) is 5.14. The van der Waals surface area contributed by atoms with Crippen LogP contribution in [-0.2, 0) is 0 Å². The number of methoxy groups -OCH3 is 2. The first-order valence-electron chi connectivity index (χ1n) is 5.17. The molecule has 0 fully saturated rings. The number of hydrogen-bond donors (Lipinski definition) is 1. The van der Waals surface area contributed by atoms with E-state index in [-0.39, 0.29) is 5.91 Å². The Labute approximate surface area is 101 Å². The van der Waals surface area contributed by atoms with E-state index in [0.717, 1.165) is 0 Å². The van der Waals surface area contributed by atoms with E-state index in [0.29, 0.717) is 30.0 Å². The second kappa shape index (κ2) is 6.44. The van der Waals surface area contributed by atoms with Gasteiger partial charge in [-0.3, -0.25) is 4.79 Å². The molecule has 0 heterocycles. The van der Waals surface area contributed by atoms with Gasteiger partial charge in [0.25, 0.3) is 5.91 Å². The lowest BCUT2D eigenvalue weighted by Crippen LogP contribution is -2.24. The average Bonchev–Trinajstić information content (AvgIpc) is 2.37. The first kappa shape index (κ1) is 12.9. The number of para-hydroxylation sites is 1. The minimum Gasteiger partial charge on any atom is -0.493 e. The van der Waals surface area contributed by atoms with Gasteiger partial charge in [-0.1, -0.05) is 6.07 Å². The molecule has 0 saturated carbocycles. The molecule has 1 N–H and O–H groups in total. The Morgan fingerprint density at radius 1 is 1.41 bits per heavy atom. The average molecular weight is 233 g/mol. The summed E-state index contributed by atoms with van der Waals surface area (Å²) < 4.78 is 10.3. The van der Waals surface area contributed by atoms with Crippen molar-refractivity contribution in [1.82, 2.24) is 5.32 Å². The topological polar surface area (TPSA) is 47.6 Å². The van der Waals surface area contributed by atoms with Crippen molar-refractivity contribution < 1.29 is 14.3 Å². The SMILES string of the molecule is C#CCCNC(=O)c1cccc(OC)c1OC. The molecule has 0 bridgehead atoms. The number of ether oxygens (including phenoxy) is 2. The maximum absolute atomic E-state index is 11.9. The summed E-state index contributed by atoms with van der Waals surface area (Å²) in [7, 11) is 3.02. The van der Waals surface area contributed by atoms with Gasteiger partial charge in [0.15, 0.2) is 11.5 Å². The second-order valence-corrected chi connectivity index (χ2v) is 3.25. The zero-order chi connectivity index (χ0) is 12.7. The minimum absolute atomic E-state index is 0.226. The van der Waals surface area contributed by atoms with Crippen LogP contribution in [0.4, 0.5) is 0 Å². The van der Waals surface area contributed by atoms with Crippen LogP contribution in [0, 0.1) is 12.3 Å². The van der Waals surface area contributed by atoms with Crippen molar-refractivity contribution in [1.29, 1.82) is 0 Å². The summed E-state index contributed by atoms with van der Waals surface area (Å²) in [5.74, 6) is 3.18. The molecule has 0 spiro atoms. The number of hydrogen-bond acceptors (Lipinski definition) is 3. The minimum atomic E-state index is -0.226. The molecular formula is C13H15NO3. The van der Waals surface area contributed by atoms with Gasteiger partial charge in [0, 0.05) is 13.0 Å². The molecule has 0 saturated heterocycles. The number of carbonyl (C=O) groups is 1. The lowest BCUT2D eigenvalue weighted by Gasteiger charge is -2.12. The highest BCUT2D eigenvalue weighted by molar-refractivity contribution is 5.97. The number of rotatable bonds is 5. The van der Waals surface area contributed by atoms with E-state index in [1.165, 1.54) is 14.2 Å². The van der Waals surface area contributed by atoms with Crippen LogP contribution in [0.15, 0.2) is 18.2 Å². The van der Waals surface area contributed by atoms with Crippen LogP contribution in [-0.4, -0.2) is 26.7 Å².